The van der Waals surface area contributed by atoms with Crippen LogP contribution >= 0.6 is 0 Å². The van der Waals surface area contributed by atoms with E-state index < -0.39 is 6.36 Å². The molecule has 1 aliphatic heterocycles. The van der Waals surface area contributed by atoms with Crippen LogP contribution in [0, 0.1) is 5.92 Å². The quantitative estimate of drug-likeness (QED) is 0.448. The highest BCUT2D eigenvalue weighted by Gasteiger charge is 2.31. The molecule has 0 amide bonds. The Morgan fingerprint density at radius 1 is 1.03 bits per heavy atom. The van der Waals surface area contributed by atoms with Crippen LogP contribution in [0.1, 0.15) is 31.2 Å². The molecule has 1 radical (unpaired) electrons. The zero-order valence-corrected chi connectivity index (χ0v) is 17.1. The van der Waals surface area contributed by atoms with E-state index in [4.69, 9.17) is 0 Å². The van der Waals surface area contributed by atoms with Gasteiger partial charge in [-0.25, -0.2) is 4.98 Å². The zero-order chi connectivity index (χ0) is 21.8. The molecule has 0 spiro atoms. The number of hydrogen-bond acceptors (Lipinski definition) is 3. The molecular weight excluding hydrogens is 405 g/mol. The van der Waals surface area contributed by atoms with Crippen LogP contribution in [0.3, 0.4) is 0 Å². The number of nitrogens with zero attached hydrogens (tertiary/aromatic N) is 2. The Morgan fingerprint density at radius 3 is 2.45 bits per heavy atom. The van der Waals surface area contributed by atoms with Crippen molar-refractivity contribution in [3.05, 3.63) is 60.2 Å². The summed E-state index contributed by atoms with van der Waals surface area (Å²) in [4.78, 5) is 6.37. The maximum absolute atomic E-state index is 12.2. The summed E-state index contributed by atoms with van der Waals surface area (Å²) in [6, 6.07) is 15.5. The molecule has 1 aliphatic rings. The van der Waals surface area contributed by atoms with E-state index in [0.29, 0.717) is 5.92 Å². The van der Waals surface area contributed by atoms with Gasteiger partial charge in [0.05, 0.1) is 11.2 Å². The van der Waals surface area contributed by atoms with Gasteiger partial charge in [-0.3, -0.25) is 5.11 Å². The van der Waals surface area contributed by atoms with Gasteiger partial charge in [0, 0.05) is 24.5 Å². The number of hydrogen-bond donors (Lipinski definition) is 0. The number of fused-ring (bicyclic) bond motifs is 1. The standard InChI is InChI=1S/C24H24F3N2O2/c25-24(26,27)31-19-10-8-17(9-11-19)4-3-5-18-12-14-29(15-13-18)22-16-23(30)28-21-7-2-1-6-20(21)22/h1-2,6-11,16,18H,3-5,12-15H2. The highest BCUT2D eigenvalue weighted by atomic mass is 19.4. The normalized spacial score (nSPS) is 15.4. The molecule has 0 saturated carbocycles. The van der Waals surface area contributed by atoms with E-state index in [1.165, 1.54) is 12.1 Å². The van der Waals surface area contributed by atoms with Crippen molar-refractivity contribution in [1.29, 1.82) is 0 Å². The lowest BCUT2D eigenvalue weighted by Gasteiger charge is -2.34. The van der Waals surface area contributed by atoms with E-state index in [1.54, 1.807) is 18.2 Å². The number of rotatable bonds is 6. The Labute approximate surface area is 179 Å². The smallest absolute Gasteiger partial charge is 0.406 e. The number of aryl methyl sites for hydroxylation is 1. The molecule has 31 heavy (non-hydrogen) atoms. The highest BCUT2D eigenvalue weighted by molar-refractivity contribution is 5.92. The van der Waals surface area contributed by atoms with Crippen molar-refractivity contribution >= 4 is 16.6 Å². The number of para-hydroxylation sites is 1. The third-order valence-electron chi connectivity index (χ3n) is 5.86. The molecule has 1 aromatic heterocycles. The minimum Gasteiger partial charge on any atom is -0.406 e. The van der Waals surface area contributed by atoms with E-state index in [9.17, 15) is 18.3 Å². The second kappa shape index (κ2) is 9.04. The van der Waals surface area contributed by atoms with Crippen LogP contribution in [-0.2, 0) is 11.5 Å². The topological polar surface area (TPSA) is 45.3 Å². The molecule has 0 atom stereocenters. The summed E-state index contributed by atoms with van der Waals surface area (Å²) in [7, 11) is 0. The van der Waals surface area contributed by atoms with E-state index in [1.807, 2.05) is 24.3 Å². The summed E-state index contributed by atoms with van der Waals surface area (Å²) in [6.45, 7) is 1.81. The third kappa shape index (κ3) is 5.60. The van der Waals surface area contributed by atoms with Gasteiger partial charge in [0.25, 0.3) is 5.88 Å². The average Bonchev–Trinajstić information content (AvgIpc) is 2.74. The molecule has 4 nitrogen and oxygen atoms in total. The molecule has 0 bridgehead atoms. The van der Waals surface area contributed by atoms with E-state index in [2.05, 4.69) is 14.6 Å². The van der Waals surface area contributed by atoms with Crippen molar-refractivity contribution < 1.29 is 23.0 Å². The molecule has 4 rings (SSSR count). The van der Waals surface area contributed by atoms with Crippen molar-refractivity contribution in [1.82, 2.24) is 4.98 Å². The fraction of sp³-hybridized carbons (Fsp3) is 0.375. The lowest BCUT2D eigenvalue weighted by Crippen LogP contribution is -2.33. The van der Waals surface area contributed by atoms with E-state index in [0.717, 1.165) is 67.3 Å². The molecule has 163 valence electrons. The Bertz CT molecular complexity index is 1010. The van der Waals surface area contributed by atoms with Gasteiger partial charge in [-0.2, -0.15) is 0 Å². The molecule has 0 aliphatic carbocycles. The van der Waals surface area contributed by atoms with Crippen LogP contribution in [-0.4, -0.2) is 24.4 Å². The van der Waals surface area contributed by atoms with Crippen LogP contribution in [0.5, 0.6) is 11.6 Å². The van der Waals surface area contributed by atoms with E-state index in [-0.39, 0.29) is 11.6 Å². The largest absolute Gasteiger partial charge is 0.573 e. The fourth-order valence-electron chi connectivity index (χ4n) is 4.31. The molecule has 1 saturated heterocycles. The van der Waals surface area contributed by atoms with Crippen molar-refractivity contribution in [2.75, 3.05) is 18.0 Å². The molecule has 0 unspecified atom stereocenters. The second-order valence-electron chi connectivity index (χ2n) is 8.01. The predicted octanol–water partition coefficient (Wildman–Crippen LogP) is 6.52. The number of pyridine rings is 1. The molecule has 2 heterocycles. The summed E-state index contributed by atoms with van der Waals surface area (Å²) in [5.74, 6) is 0.222. The fourth-order valence-corrected chi connectivity index (χ4v) is 4.31. The van der Waals surface area contributed by atoms with Gasteiger partial charge in [-0.15, -0.1) is 13.2 Å². The average molecular weight is 429 g/mol. The van der Waals surface area contributed by atoms with Crippen molar-refractivity contribution in [2.45, 2.75) is 38.5 Å². The molecular formula is C24H24F3N2O2. The van der Waals surface area contributed by atoms with Gasteiger partial charge in [0.2, 0.25) is 0 Å². The summed E-state index contributed by atoms with van der Waals surface area (Å²) >= 11 is 0. The number of alkyl halides is 3. The van der Waals surface area contributed by atoms with E-state index >= 15 is 0 Å². The highest BCUT2D eigenvalue weighted by Crippen LogP contribution is 2.33. The van der Waals surface area contributed by atoms with Gasteiger partial charge in [0.15, 0.2) is 0 Å². The zero-order valence-electron chi connectivity index (χ0n) is 17.1. The first-order valence-corrected chi connectivity index (χ1v) is 10.5. The number of piperidine rings is 1. The predicted molar refractivity (Wildman–Crippen MR) is 113 cm³/mol. The number of aromatic nitrogens is 1. The summed E-state index contributed by atoms with van der Waals surface area (Å²) in [6.07, 6.45) is 0.368. The van der Waals surface area contributed by atoms with Crippen LogP contribution in [0.15, 0.2) is 54.6 Å². The van der Waals surface area contributed by atoms with Crippen molar-refractivity contribution in [3.63, 3.8) is 0 Å². The van der Waals surface area contributed by atoms with Crippen LogP contribution in [0.25, 0.3) is 10.9 Å². The summed E-state index contributed by atoms with van der Waals surface area (Å²) in [5.41, 5.74) is 2.71. The summed E-state index contributed by atoms with van der Waals surface area (Å²) in [5, 5.41) is 13.0. The van der Waals surface area contributed by atoms with Crippen LogP contribution < -0.4 is 9.64 Å². The Morgan fingerprint density at radius 2 is 1.74 bits per heavy atom. The molecule has 7 heteroatoms. The van der Waals surface area contributed by atoms with Crippen molar-refractivity contribution in [2.24, 2.45) is 5.92 Å². The first-order valence-electron chi connectivity index (χ1n) is 10.5. The Hall–Kier alpha value is -2.96. The molecule has 0 N–H and O–H groups in total. The first kappa shape index (κ1) is 21.3. The second-order valence-corrected chi connectivity index (χ2v) is 8.01. The van der Waals surface area contributed by atoms with Gasteiger partial charge in [-0.1, -0.05) is 30.3 Å². The third-order valence-corrected chi connectivity index (χ3v) is 5.86. The Balaban J connectivity index is 1.27. The van der Waals surface area contributed by atoms with Gasteiger partial charge >= 0.3 is 6.36 Å². The summed E-state index contributed by atoms with van der Waals surface area (Å²) < 4.78 is 40.6. The maximum atomic E-state index is 12.2. The lowest BCUT2D eigenvalue weighted by atomic mass is 9.90. The number of benzene rings is 2. The number of halogens is 3. The molecule has 1 fully saturated rings. The molecule has 3 aromatic rings. The van der Waals surface area contributed by atoms with Gasteiger partial charge < -0.3 is 9.64 Å². The van der Waals surface area contributed by atoms with Crippen LogP contribution in [0.2, 0.25) is 0 Å². The monoisotopic (exact) mass is 429 g/mol. The lowest BCUT2D eigenvalue weighted by molar-refractivity contribution is -0.274. The van der Waals surface area contributed by atoms with Crippen molar-refractivity contribution in [3.8, 4) is 11.6 Å². The Kier molecular flexibility index (Phi) is 6.20. The maximum Gasteiger partial charge on any atom is 0.573 e. The van der Waals surface area contributed by atoms with Gasteiger partial charge in [-0.05, 0) is 61.8 Å². The number of ether oxygens (including phenoxy) is 1. The molecule has 2 aromatic carbocycles. The SMILES string of the molecule is [O]c1cc(N2CCC(CCCc3ccc(OC(F)(F)F)cc3)CC2)c2ccccc2n1. The van der Waals surface area contributed by atoms with Crippen LogP contribution in [0.4, 0.5) is 18.9 Å². The number of anilines is 1. The first-order chi connectivity index (χ1) is 14.9. The minimum absolute atomic E-state index is 0.187. The minimum atomic E-state index is -4.66. The van der Waals surface area contributed by atoms with Gasteiger partial charge in [0.1, 0.15) is 5.75 Å².